The Balaban J connectivity index is 2.19. The fourth-order valence-electron chi connectivity index (χ4n) is 3.79. The lowest BCUT2D eigenvalue weighted by atomic mass is 9.79. The summed E-state index contributed by atoms with van der Waals surface area (Å²) in [5, 5.41) is 0. The van der Waals surface area contributed by atoms with Crippen molar-refractivity contribution < 1.29 is 23.9 Å². The molecule has 22 heavy (non-hydrogen) atoms. The summed E-state index contributed by atoms with van der Waals surface area (Å²) in [6.45, 7) is 7.70. The molecule has 0 radical (unpaired) electrons. The number of fused-ring (bicyclic) bond motifs is 1. The summed E-state index contributed by atoms with van der Waals surface area (Å²) in [7, 11) is 0. The molecule has 5 heteroatoms. The number of Topliss-reactive ketones (excluding diaryl/α,β-unsaturated/α-hetero) is 1. The van der Waals surface area contributed by atoms with Gasteiger partial charge in [-0.05, 0) is 44.4 Å². The van der Waals surface area contributed by atoms with Crippen molar-refractivity contribution >= 4 is 17.7 Å². The third-order valence-electron chi connectivity index (χ3n) is 5.11. The zero-order valence-electron chi connectivity index (χ0n) is 13.9. The topological polar surface area (TPSA) is 69.7 Å². The Hall–Kier alpha value is -1.39. The van der Waals surface area contributed by atoms with Crippen molar-refractivity contribution in [1.29, 1.82) is 0 Å². The predicted octanol–water partition coefficient (Wildman–Crippen LogP) is 2.51. The smallest absolute Gasteiger partial charge is 0.323 e. The molecule has 5 nitrogen and oxygen atoms in total. The maximum Gasteiger partial charge on any atom is 0.323 e. The van der Waals surface area contributed by atoms with Gasteiger partial charge in [-0.2, -0.15) is 0 Å². The second-order valence-electron chi connectivity index (χ2n) is 6.97. The molecule has 124 valence electrons. The molecule has 0 saturated heterocycles. The molecular formula is C17H26O5. The van der Waals surface area contributed by atoms with E-state index >= 15 is 0 Å². The Bertz CT molecular complexity index is 463. The highest BCUT2D eigenvalue weighted by Crippen LogP contribution is 2.71. The number of rotatable bonds is 7. The van der Waals surface area contributed by atoms with E-state index in [2.05, 4.69) is 0 Å². The normalized spacial score (nSPS) is 28.1. The molecule has 2 atom stereocenters. The summed E-state index contributed by atoms with van der Waals surface area (Å²) in [4.78, 5) is 36.9. The number of carbonyl (C=O) groups is 3. The first-order chi connectivity index (χ1) is 10.3. The van der Waals surface area contributed by atoms with Crippen molar-refractivity contribution in [3.8, 4) is 0 Å². The van der Waals surface area contributed by atoms with Gasteiger partial charge in [0.1, 0.15) is 5.78 Å². The zero-order chi connectivity index (χ0) is 16.5. The zero-order valence-corrected chi connectivity index (χ0v) is 13.9. The molecule has 2 aliphatic rings. The van der Waals surface area contributed by atoms with Crippen molar-refractivity contribution in [3.63, 3.8) is 0 Å². The molecule has 0 amide bonds. The third-order valence-corrected chi connectivity index (χ3v) is 5.11. The van der Waals surface area contributed by atoms with Crippen molar-refractivity contribution in [3.05, 3.63) is 0 Å². The van der Waals surface area contributed by atoms with E-state index < -0.39 is 17.4 Å². The van der Waals surface area contributed by atoms with E-state index in [9.17, 15) is 14.4 Å². The summed E-state index contributed by atoms with van der Waals surface area (Å²) in [5.74, 6) is -0.542. The van der Waals surface area contributed by atoms with E-state index in [1.807, 2.05) is 13.8 Å². The number of carbonyl (C=O) groups excluding carboxylic acids is 3. The van der Waals surface area contributed by atoms with Crippen LogP contribution in [0.2, 0.25) is 0 Å². The molecule has 2 aliphatic carbocycles. The first kappa shape index (κ1) is 17.0. The fourth-order valence-corrected chi connectivity index (χ4v) is 3.79. The molecule has 2 unspecified atom stereocenters. The largest absolute Gasteiger partial charge is 0.465 e. The first-order valence-electron chi connectivity index (χ1n) is 8.18. The molecule has 0 bridgehead atoms. The number of ketones is 1. The molecule has 2 fully saturated rings. The average Bonchev–Trinajstić information content (AvgIpc) is 2.99. The Kier molecular flexibility index (Phi) is 4.64. The van der Waals surface area contributed by atoms with Gasteiger partial charge in [-0.1, -0.05) is 13.8 Å². The molecule has 2 rings (SSSR count). The van der Waals surface area contributed by atoms with E-state index in [1.165, 1.54) is 0 Å². The van der Waals surface area contributed by atoms with Crippen LogP contribution in [-0.2, 0) is 23.9 Å². The summed E-state index contributed by atoms with van der Waals surface area (Å²) in [6.07, 6.45) is 2.22. The van der Waals surface area contributed by atoms with E-state index in [4.69, 9.17) is 9.47 Å². The molecule has 0 aromatic carbocycles. The minimum atomic E-state index is -1.20. The van der Waals surface area contributed by atoms with Crippen LogP contribution in [0.3, 0.4) is 0 Å². The highest BCUT2D eigenvalue weighted by molar-refractivity contribution is 6.01. The number of ether oxygens (including phenoxy) is 2. The Morgan fingerprint density at radius 1 is 1.05 bits per heavy atom. The molecule has 0 aliphatic heterocycles. The van der Waals surface area contributed by atoms with Crippen LogP contribution in [0.4, 0.5) is 0 Å². The summed E-state index contributed by atoms with van der Waals surface area (Å²) in [6, 6.07) is 0. The quantitative estimate of drug-likeness (QED) is 0.534. The van der Waals surface area contributed by atoms with Crippen LogP contribution in [0.1, 0.15) is 53.4 Å². The standard InChI is InChI=1S/C17H26O5/c1-5-21-14(19)17(15(20)22-6-2)8-12-7-16(12,10-17)9-13(18)11(3)4/h11-12H,5-10H2,1-4H3. The minimum Gasteiger partial charge on any atom is -0.465 e. The lowest BCUT2D eigenvalue weighted by Crippen LogP contribution is -2.41. The van der Waals surface area contributed by atoms with Gasteiger partial charge >= 0.3 is 11.9 Å². The van der Waals surface area contributed by atoms with Crippen molar-refractivity contribution in [1.82, 2.24) is 0 Å². The Morgan fingerprint density at radius 3 is 2.05 bits per heavy atom. The molecule has 0 spiro atoms. The monoisotopic (exact) mass is 310 g/mol. The molecule has 2 saturated carbocycles. The van der Waals surface area contributed by atoms with Gasteiger partial charge in [0.05, 0.1) is 13.2 Å². The highest BCUT2D eigenvalue weighted by atomic mass is 16.6. The number of hydrogen-bond donors (Lipinski definition) is 0. The number of esters is 2. The van der Waals surface area contributed by atoms with Gasteiger partial charge in [0, 0.05) is 12.3 Å². The Labute approximate surface area is 131 Å². The lowest BCUT2D eigenvalue weighted by Gasteiger charge is -2.27. The first-order valence-corrected chi connectivity index (χ1v) is 8.18. The van der Waals surface area contributed by atoms with Gasteiger partial charge in [-0.3, -0.25) is 14.4 Å². The average molecular weight is 310 g/mol. The van der Waals surface area contributed by atoms with E-state index in [0.717, 1.165) is 6.42 Å². The van der Waals surface area contributed by atoms with Crippen LogP contribution < -0.4 is 0 Å². The summed E-state index contributed by atoms with van der Waals surface area (Å²) in [5.41, 5.74) is -1.40. The maximum absolute atomic E-state index is 12.4. The molecular weight excluding hydrogens is 284 g/mol. The molecule has 0 aromatic heterocycles. The summed E-state index contributed by atoms with van der Waals surface area (Å²) < 4.78 is 10.3. The molecule has 0 N–H and O–H groups in total. The van der Waals surface area contributed by atoms with Crippen molar-refractivity contribution in [2.75, 3.05) is 13.2 Å². The Morgan fingerprint density at radius 2 is 1.59 bits per heavy atom. The van der Waals surface area contributed by atoms with E-state index in [-0.39, 0.29) is 36.2 Å². The highest BCUT2D eigenvalue weighted by Gasteiger charge is 2.71. The van der Waals surface area contributed by atoms with Gasteiger partial charge in [-0.25, -0.2) is 0 Å². The maximum atomic E-state index is 12.4. The van der Waals surface area contributed by atoms with Crippen LogP contribution in [-0.4, -0.2) is 30.9 Å². The molecule has 0 aromatic rings. The van der Waals surface area contributed by atoms with Gasteiger partial charge in [-0.15, -0.1) is 0 Å². The molecule has 0 heterocycles. The second kappa shape index (κ2) is 6.01. The fraction of sp³-hybridized carbons (Fsp3) is 0.824. The minimum absolute atomic E-state index is 0.0178. The van der Waals surface area contributed by atoms with E-state index in [0.29, 0.717) is 19.3 Å². The predicted molar refractivity (Wildman–Crippen MR) is 79.9 cm³/mol. The summed E-state index contributed by atoms with van der Waals surface area (Å²) >= 11 is 0. The van der Waals surface area contributed by atoms with Crippen LogP contribution in [0.25, 0.3) is 0 Å². The second-order valence-corrected chi connectivity index (χ2v) is 6.97. The SMILES string of the molecule is CCOC(=O)C1(C(=O)OCC)CC2CC2(CC(=O)C(C)C)C1. The van der Waals surface area contributed by atoms with Gasteiger partial charge in [0.2, 0.25) is 0 Å². The van der Waals surface area contributed by atoms with Crippen LogP contribution in [0, 0.1) is 22.7 Å². The number of hydrogen-bond acceptors (Lipinski definition) is 5. The lowest BCUT2D eigenvalue weighted by molar-refractivity contribution is -0.173. The third kappa shape index (κ3) is 2.77. The van der Waals surface area contributed by atoms with Gasteiger partial charge in [0.15, 0.2) is 5.41 Å². The van der Waals surface area contributed by atoms with Gasteiger partial charge < -0.3 is 9.47 Å². The van der Waals surface area contributed by atoms with E-state index in [1.54, 1.807) is 13.8 Å². The van der Waals surface area contributed by atoms with Crippen LogP contribution in [0.5, 0.6) is 0 Å². The van der Waals surface area contributed by atoms with Crippen molar-refractivity contribution in [2.45, 2.75) is 53.4 Å². The van der Waals surface area contributed by atoms with Crippen LogP contribution in [0.15, 0.2) is 0 Å². The van der Waals surface area contributed by atoms with Crippen molar-refractivity contribution in [2.24, 2.45) is 22.7 Å². The van der Waals surface area contributed by atoms with Crippen LogP contribution >= 0.6 is 0 Å². The van der Waals surface area contributed by atoms with Gasteiger partial charge in [0.25, 0.3) is 0 Å².